The number of ketones is 1. The largest absolute Gasteiger partial charge is 0.295 e. The SMILES string of the molecule is C[Si](C)(C)CC1=CC(=O)CCC1. The third-order valence-corrected chi connectivity index (χ3v) is 3.56. The Morgan fingerprint density at radius 1 is 1.33 bits per heavy atom. The number of hydrogen-bond donors (Lipinski definition) is 0. The molecule has 0 unspecified atom stereocenters. The van der Waals surface area contributed by atoms with E-state index in [0.29, 0.717) is 5.78 Å². The predicted octanol–water partition coefficient (Wildman–Crippen LogP) is 3.00. The first-order valence-electron chi connectivity index (χ1n) is 4.70. The van der Waals surface area contributed by atoms with Crippen molar-refractivity contribution in [2.75, 3.05) is 0 Å². The van der Waals surface area contributed by atoms with Crippen LogP contribution < -0.4 is 0 Å². The van der Waals surface area contributed by atoms with E-state index in [9.17, 15) is 4.79 Å². The van der Waals surface area contributed by atoms with Crippen LogP contribution in [-0.2, 0) is 4.79 Å². The molecule has 0 spiro atoms. The molecule has 0 N–H and O–H groups in total. The van der Waals surface area contributed by atoms with Crippen LogP contribution in [0, 0.1) is 0 Å². The van der Waals surface area contributed by atoms with E-state index in [2.05, 4.69) is 19.6 Å². The van der Waals surface area contributed by atoms with Gasteiger partial charge in [0.15, 0.2) is 5.78 Å². The highest BCUT2D eigenvalue weighted by atomic mass is 28.3. The Hall–Kier alpha value is -0.373. The maximum Gasteiger partial charge on any atom is 0.155 e. The maximum atomic E-state index is 11.1. The fraction of sp³-hybridized carbons (Fsp3) is 0.700. The zero-order valence-electron chi connectivity index (χ0n) is 8.31. The third kappa shape index (κ3) is 3.35. The van der Waals surface area contributed by atoms with Crippen LogP contribution in [0.4, 0.5) is 0 Å². The Balaban J connectivity index is 2.57. The number of allylic oxidation sites excluding steroid dienone is 2. The smallest absolute Gasteiger partial charge is 0.155 e. The highest BCUT2D eigenvalue weighted by Crippen LogP contribution is 2.24. The molecular weight excluding hydrogens is 164 g/mol. The van der Waals surface area contributed by atoms with Crippen LogP contribution in [-0.4, -0.2) is 13.9 Å². The predicted molar refractivity (Wildman–Crippen MR) is 55.1 cm³/mol. The lowest BCUT2D eigenvalue weighted by Gasteiger charge is -2.20. The van der Waals surface area contributed by atoms with Crippen LogP contribution in [0.5, 0.6) is 0 Å². The van der Waals surface area contributed by atoms with Crippen molar-refractivity contribution in [3.8, 4) is 0 Å². The average molecular weight is 182 g/mol. The Labute approximate surface area is 75.9 Å². The highest BCUT2D eigenvalue weighted by Gasteiger charge is 2.18. The minimum atomic E-state index is -0.995. The van der Waals surface area contributed by atoms with Gasteiger partial charge in [-0.05, 0) is 25.0 Å². The maximum absolute atomic E-state index is 11.1. The monoisotopic (exact) mass is 182 g/mol. The Bertz CT molecular complexity index is 210. The summed E-state index contributed by atoms with van der Waals surface area (Å²) < 4.78 is 0. The van der Waals surface area contributed by atoms with Crippen molar-refractivity contribution < 1.29 is 4.79 Å². The molecule has 0 fully saturated rings. The lowest BCUT2D eigenvalue weighted by Crippen LogP contribution is -2.21. The quantitative estimate of drug-likeness (QED) is 0.600. The van der Waals surface area contributed by atoms with Crippen molar-refractivity contribution in [3.05, 3.63) is 11.6 Å². The molecule has 0 atom stereocenters. The molecule has 1 rings (SSSR count). The lowest BCUT2D eigenvalue weighted by atomic mass is 10.0. The van der Waals surface area contributed by atoms with Gasteiger partial charge in [-0.3, -0.25) is 4.79 Å². The molecule has 0 amide bonds. The van der Waals surface area contributed by atoms with Gasteiger partial charge in [0.2, 0.25) is 0 Å². The standard InChI is InChI=1S/C10H18OSi/c1-12(2,3)8-9-5-4-6-10(11)7-9/h7H,4-6,8H2,1-3H3. The molecule has 0 aliphatic heterocycles. The topological polar surface area (TPSA) is 17.1 Å². The van der Waals surface area contributed by atoms with E-state index in [1.54, 1.807) is 0 Å². The Morgan fingerprint density at radius 2 is 2.00 bits per heavy atom. The molecule has 1 aliphatic rings. The Kier molecular flexibility index (Phi) is 2.88. The summed E-state index contributed by atoms with van der Waals surface area (Å²) in [6, 6.07) is 1.21. The van der Waals surface area contributed by atoms with Gasteiger partial charge in [-0.2, -0.15) is 0 Å². The van der Waals surface area contributed by atoms with E-state index < -0.39 is 8.07 Å². The van der Waals surface area contributed by atoms with E-state index in [1.807, 2.05) is 6.08 Å². The van der Waals surface area contributed by atoms with Crippen molar-refractivity contribution in [1.29, 1.82) is 0 Å². The summed E-state index contributed by atoms with van der Waals surface area (Å²) in [6.07, 6.45) is 4.90. The summed E-state index contributed by atoms with van der Waals surface area (Å²) >= 11 is 0. The van der Waals surface area contributed by atoms with Crippen molar-refractivity contribution in [2.24, 2.45) is 0 Å². The van der Waals surface area contributed by atoms with Gasteiger partial charge in [0, 0.05) is 14.5 Å². The van der Waals surface area contributed by atoms with Gasteiger partial charge in [-0.15, -0.1) is 0 Å². The highest BCUT2D eigenvalue weighted by molar-refractivity contribution is 6.76. The van der Waals surface area contributed by atoms with Gasteiger partial charge < -0.3 is 0 Å². The summed E-state index contributed by atoms with van der Waals surface area (Å²) in [5.41, 5.74) is 1.41. The van der Waals surface area contributed by atoms with E-state index >= 15 is 0 Å². The first kappa shape index (κ1) is 9.71. The molecule has 0 aromatic heterocycles. The number of rotatable bonds is 2. The second-order valence-corrected chi connectivity index (χ2v) is 10.3. The molecule has 0 aromatic rings. The van der Waals surface area contributed by atoms with Gasteiger partial charge in [0.25, 0.3) is 0 Å². The molecule has 1 aliphatic carbocycles. The normalized spacial score (nSPS) is 19.2. The number of carbonyl (C=O) groups excluding carboxylic acids is 1. The molecule has 12 heavy (non-hydrogen) atoms. The molecule has 0 saturated carbocycles. The van der Waals surface area contributed by atoms with Crippen molar-refractivity contribution in [2.45, 2.75) is 44.9 Å². The number of carbonyl (C=O) groups is 1. The van der Waals surface area contributed by atoms with Crippen molar-refractivity contribution >= 4 is 13.9 Å². The van der Waals surface area contributed by atoms with Crippen LogP contribution in [0.1, 0.15) is 19.3 Å². The Morgan fingerprint density at radius 3 is 2.50 bits per heavy atom. The second-order valence-electron chi connectivity index (χ2n) is 4.86. The minimum absolute atomic E-state index is 0.342. The van der Waals surface area contributed by atoms with Crippen LogP contribution in [0.2, 0.25) is 25.7 Å². The second kappa shape index (κ2) is 3.56. The fourth-order valence-electron chi connectivity index (χ4n) is 1.68. The van der Waals surface area contributed by atoms with Gasteiger partial charge >= 0.3 is 0 Å². The summed E-state index contributed by atoms with van der Waals surface area (Å²) in [7, 11) is -0.995. The van der Waals surface area contributed by atoms with Crippen LogP contribution in [0.15, 0.2) is 11.6 Å². The first-order valence-corrected chi connectivity index (χ1v) is 8.40. The van der Waals surface area contributed by atoms with Crippen molar-refractivity contribution in [1.82, 2.24) is 0 Å². The molecule has 0 heterocycles. The van der Waals surface area contributed by atoms with E-state index in [-0.39, 0.29) is 0 Å². The zero-order chi connectivity index (χ0) is 9.19. The summed E-state index contributed by atoms with van der Waals surface area (Å²) in [5.74, 6) is 0.342. The fourth-order valence-corrected chi connectivity index (χ4v) is 3.32. The van der Waals surface area contributed by atoms with Crippen LogP contribution in [0.25, 0.3) is 0 Å². The summed E-state index contributed by atoms with van der Waals surface area (Å²) in [4.78, 5) is 11.1. The van der Waals surface area contributed by atoms with Gasteiger partial charge in [0.1, 0.15) is 0 Å². The van der Waals surface area contributed by atoms with Crippen LogP contribution >= 0.6 is 0 Å². The molecule has 68 valence electrons. The van der Waals surface area contributed by atoms with E-state index in [0.717, 1.165) is 19.3 Å². The third-order valence-electron chi connectivity index (χ3n) is 2.04. The summed E-state index contributed by atoms with van der Waals surface area (Å²) in [5, 5.41) is 0. The summed E-state index contributed by atoms with van der Waals surface area (Å²) in [6.45, 7) is 7.06. The molecule has 0 bridgehead atoms. The molecule has 0 saturated heterocycles. The lowest BCUT2D eigenvalue weighted by molar-refractivity contribution is -0.115. The minimum Gasteiger partial charge on any atom is -0.295 e. The molecule has 0 radical (unpaired) electrons. The van der Waals surface area contributed by atoms with Gasteiger partial charge in [-0.1, -0.05) is 25.2 Å². The molecule has 0 aromatic carbocycles. The average Bonchev–Trinajstić information content (AvgIpc) is 1.82. The molecular formula is C10H18OSi. The van der Waals surface area contributed by atoms with E-state index in [4.69, 9.17) is 0 Å². The van der Waals surface area contributed by atoms with Crippen LogP contribution in [0.3, 0.4) is 0 Å². The molecule has 2 heteroatoms. The van der Waals surface area contributed by atoms with Gasteiger partial charge in [-0.25, -0.2) is 0 Å². The number of hydrogen-bond acceptors (Lipinski definition) is 1. The first-order chi connectivity index (χ1) is 5.47. The zero-order valence-corrected chi connectivity index (χ0v) is 9.31. The van der Waals surface area contributed by atoms with Gasteiger partial charge in [0.05, 0.1) is 0 Å². The molecule has 1 nitrogen and oxygen atoms in total. The van der Waals surface area contributed by atoms with E-state index in [1.165, 1.54) is 11.6 Å². The van der Waals surface area contributed by atoms with Crippen molar-refractivity contribution in [3.63, 3.8) is 0 Å².